The highest BCUT2D eigenvalue weighted by atomic mass is 16.5. The number of hydrogen-bond acceptors (Lipinski definition) is 5. The van der Waals surface area contributed by atoms with Crippen molar-refractivity contribution in [2.75, 3.05) is 32.1 Å². The van der Waals surface area contributed by atoms with E-state index in [2.05, 4.69) is 72.7 Å². The number of benzene rings is 3. The number of nitrogens with one attached hydrogen (secondary N) is 1. The minimum atomic E-state index is -0.304. The number of likely N-dealkylation sites (N-methyl/N-ethyl adjacent to an activating group) is 1. The maximum absolute atomic E-state index is 13.6. The number of carbonyl (C=O) groups is 2. The number of rotatable bonds is 9. The van der Waals surface area contributed by atoms with Crippen molar-refractivity contribution in [1.29, 1.82) is 0 Å². The van der Waals surface area contributed by atoms with Gasteiger partial charge >= 0.3 is 0 Å². The van der Waals surface area contributed by atoms with Crippen LogP contribution in [-0.4, -0.2) is 65.6 Å². The van der Waals surface area contributed by atoms with E-state index in [1.54, 1.807) is 4.90 Å². The van der Waals surface area contributed by atoms with Crippen LogP contribution in [0.15, 0.2) is 72.8 Å². The van der Waals surface area contributed by atoms with E-state index in [0.29, 0.717) is 24.5 Å². The molecule has 0 saturated heterocycles. The molecule has 3 aromatic carbocycles. The lowest BCUT2D eigenvalue weighted by Crippen LogP contribution is -2.47. The van der Waals surface area contributed by atoms with Crippen LogP contribution in [0.2, 0.25) is 0 Å². The molecule has 5 rings (SSSR count). The third kappa shape index (κ3) is 8.07. The van der Waals surface area contributed by atoms with Crippen molar-refractivity contribution < 1.29 is 19.4 Å². The largest absolute Gasteiger partial charge is 0.488 e. The van der Waals surface area contributed by atoms with Gasteiger partial charge in [-0.2, -0.15) is 0 Å². The first kappa shape index (κ1) is 31.7. The maximum atomic E-state index is 13.6. The summed E-state index contributed by atoms with van der Waals surface area (Å²) in [6.45, 7) is 5.80. The lowest BCUT2D eigenvalue weighted by Gasteiger charge is -2.34. The highest BCUT2D eigenvalue weighted by Crippen LogP contribution is 2.31. The molecule has 7 heteroatoms. The molecule has 0 radical (unpaired) electrons. The van der Waals surface area contributed by atoms with Gasteiger partial charge in [0.15, 0.2) is 0 Å². The standard InChI is InChI=1S/C37H47N3O4/c1-26-22-40(27(2)25-41)36(42)21-32-20-33(38-37(43)31-12-8-5-9-13-31)18-19-34(32)44-35(26)24-39(3)23-28-14-16-30(17-15-28)29-10-6-4-7-11-29/h4,6-7,10-11,14-20,26-27,31,35,41H,5,8-9,12-13,21-25H2,1-3H3,(H,38,43)/t26-,27-,35+/m1/s1. The van der Waals surface area contributed by atoms with Crippen LogP contribution in [0.5, 0.6) is 5.75 Å². The second-order valence-corrected chi connectivity index (χ2v) is 12.8. The smallest absolute Gasteiger partial charge is 0.227 e. The summed E-state index contributed by atoms with van der Waals surface area (Å²) in [4.78, 5) is 30.6. The summed E-state index contributed by atoms with van der Waals surface area (Å²) in [6, 6.07) is 24.4. The molecule has 234 valence electrons. The van der Waals surface area contributed by atoms with Crippen LogP contribution in [0.25, 0.3) is 11.1 Å². The molecular formula is C37H47N3O4. The van der Waals surface area contributed by atoms with E-state index in [1.807, 2.05) is 31.2 Å². The van der Waals surface area contributed by atoms with E-state index >= 15 is 0 Å². The van der Waals surface area contributed by atoms with Gasteiger partial charge in [-0.15, -0.1) is 0 Å². The molecule has 1 aliphatic heterocycles. The predicted molar refractivity (Wildman–Crippen MR) is 175 cm³/mol. The molecule has 1 aliphatic carbocycles. The number of hydrogen-bond donors (Lipinski definition) is 2. The number of anilines is 1. The number of amides is 2. The van der Waals surface area contributed by atoms with Crippen molar-refractivity contribution in [3.63, 3.8) is 0 Å². The minimum absolute atomic E-state index is 0.0208. The molecule has 3 atom stereocenters. The Bertz CT molecular complexity index is 1390. The molecule has 2 amide bonds. The summed E-state index contributed by atoms with van der Waals surface area (Å²) in [5, 5.41) is 13.1. The zero-order valence-electron chi connectivity index (χ0n) is 26.4. The SMILES string of the molecule is C[C@@H]1CN([C@H](C)CO)C(=O)Cc2cc(NC(=O)C3CCCCC3)ccc2O[C@H]1CN(C)Cc1ccc(-c2ccccc2)cc1. The van der Waals surface area contributed by atoms with Gasteiger partial charge in [0, 0.05) is 42.7 Å². The van der Waals surface area contributed by atoms with Crippen molar-refractivity contribution in [3.05, 3.63) is 83.9 Å². The summed E-state index contributed by atoms with van der Waals surface area (Å²) in [5.74, 6) is 0.743. The summed E-state index contributed by atoms with van der Waals surface area (Å²) in [7, 11) is 2.10. The minimum Gasteiger partial charge on any atom is -0.488 e. The number of ether oxygens (including phenoxy) is 1. The Morgan fingerprint density at radius 1 is 1.02 bits per heavy atom. The zero-order valence-corrected chi connectivity index (χ0v) is 26.4. The molecule has 44 heavy (non-hydrogen) atoms. The maximum Gasteiger partial charge on any atom is 0.227 e. The molecule has 0 bridgehead atoms. The number of carbonyl (C=O) groups excluding carboxylic acids is 2. The topological polar surface area (TPSA) is 82.1 Å². The Kier molecular flexibility index (Phi) is 10.7. The van der Waals surface area contributed by atoms with Gasteiger partial charge in [-0.1, -0.05) is 80.8 Å². The Labute approximate surface area is 262 Å². The van der Waals surface area contributed by atoms with Gasteiger partial charge in [0.2, 0.25) is 11.8 Å². The number of fused-ring (bicyclic) bond motifs is 1. The van der Waals surface area contributed by atoms with E-state index in [9.17, 15) is 14.7 Å². The lowest BCUT2D eigenvalue weighted by molar-refractivity contribution is -0.134. The second kappa shape index (κ2) is 14.9. The van der Waals surface area contributed by atoms with Gasteiger partial charge in [-0.25, -0.2) is 0 Å². The second-order valence-electron chi connectivity index (χ2n) is 12.8. The van der Waals surface area contributed by atoms with Crippen LogP contribution < -0.4 is 10.1 Å². The first-order valence-electron chi connectivity index (χ1n) is 16.1. The van der Waals surface area contributed by atoms with E-state index in [1.165, 1.54) is 23.1 Å². The molecule has 0 aromatic heterocycles. The first-order valence-corrected chi connectivity index (χ1v) is 16.1. The molecular weight excluding hydrogens is 550 g/mol. The molecule has 0 spiro atoms. The third-order valence-electron chi connectivity index (χ3n) is 9.17. The monoisotopic (exact) mass is 597 g/mol. The average molecular weight is 598 g/mol. The first-order chi connectivity index (χ1) is 21.3. The summed E-state index contributed by atoms with van der Waals surface area (Å²) >= 11 is 0. The average Bonchev–Trinajstić information content (AvgIpc) is 3.09. The molecule has 2 N–H and O–H groups in total. The Hall–Kier alpha value is -3.68. The number of aliphatic hydroxyl groups is 1. The molecule has 1 saturated carbocycles. The zero-order chi connectivity index (χ0) is 31.1. The van der Waals surface area contributed by atoms with Gasteiger partial charge in [0.05, 0.1) is 19.1 Å². The third-order valence-corrected chi connectivity index (χ3v) is 9.17. The lowest BCUT2D eigenvalue weighted by atomic mass is 9.88. The van der Waals surface area contributed by atoms with E-state index in [4.69, 9.17) is 4.74 Å². The molecule has 7 nitrogen and oxygen atoms in total. The summed E-state index contributed by atoms with van der Waals surface area (Å²) in [5.41, 5.74) is 5.06. The van der Waals surface area contributed by atoms with Crippen molar-refractivity contribution in [2.45, 2.75) is 71.1 Å². The molecule has 0 unspecified atom stereocenters. The molecule has 1 fully saturated rings. The van der Waals surface area contributed by atoms with Crippen LogP contribution in [0.1, 0.15) is 57.1 Å². The fraction of sp³-hybridized carbons (Fsp3) is 0.459. The fourth-order valence-corrected chi connectivity index (χ4v) is 6.45. The molecule has 2 aliphatic rings. The van der Waals surface area contributed by atoms with Crippen molar-refractivity contribution in [1.82, 2.24) is 9.80 Å². The summed E-state index contributed by atoms with van der Waals surface area (Å²) in [6.07, 6.45) is 5.19. The normalized spacial score (nSPS) is 20.2. The van der Waals surface area contributed by atoms with Crippen LogP contribution in [0.4, 0.5) is 5.69 Å². The van der Waals surface area contributed by atoms with E-state index < -0.39 is 0 Å². The Morgan fingerprint density at radius 2 is 1.73 bits per heavy atom. The van der Waals surface area contributed by atoms with Crippen molar-refractivity contribution in [2.24, 2.45) is 11.8 Å². The highest BCUT2D eigenvalue weighted by Gasteiger charge is 2.31. The molecule has 1 heterocycles. The van der Waals surface area contributed by atoms with E-state index in [0.717, 1.165) is 37.8 Å². The van der Waals surface area contributed by atoms with Crippen LogP contribution in [0.3, 0.4) is 0 Å². The van der Waals surface area contributed by atoms with Gasteiger partial charge in [0.25, 0.3) is 0 Å². The van der Waals surface area contributed by atoms with E-state index in [-0.39, 0.29) is 48.8 Å². The van der Waals surface area contributed by atoms with Crippen LogP contribution >= 0.6 is 0 Å². The highest BCUT2D eigenvalue weighted by molar-refractivity contribution is 5.93. The fourth-order valence-electron chi connectivity index (χ4n) is 6.45. The van der Waals surface area contributed by atoms with Gasteiger partial charge < -0.3 is 20.1 Å². The molecule has 3 aromatic rings. The van der Waals surface area contributed by atoms with Crippen molar-refractivity contribution >= 4 is 17.5 Å². The Morgan fingerprint density at radius 3 is 2.43 bits per heavy atom. The van der Waals surface area contributed by atoms with Gasteiger partial charge in [-0.3, -0.25) is 14.5 Å². The number of nitrogens with zero attached hydrogens (tertiary/aromatic N) is 2. The van der Waals surface area contributed by atoms with Crippen molar-refractivity contribution in [3.8, 4) is 16.9 Å². The van der Waals surface area contributed by atoms with Gasteiger partial charge in [0.1, 0.15) is 11.9 Å². The summed E-state index contributed by atoms with van der Waals surface area (Å²) < 4.78 is 6.71. The van der Waals surface area contributed by atoms with Crippen LogP contribution in [0, 0.1) is 11.8 Å². The quantitative estimate of drug-likeness (QED) is 0.309. The van der Waals surface area contributed by atoms with Gasteiger partial charge in [-0.05, 0) is 61.7 Å². The Balaban J connectivity index is 1.33. The number of aliphatic hydroxyl groups excluding tert-OH is 1. The van der Waals surface area contributed by atoms with Crippen LogP contribution in [-0.2, 0) is 22.6 Å². The predicted octanol–water partition coefficient (Wildman–Crippen LogP) is 6.15.